The number of anilines is 3. The lowest BCUT2D eigenvalue weighted by molar-refractivity contribution is 0.599. The van der Waals surface area contributed by atoms with Gasteiger partial charge in [-0.05, 0) is 55.0 Å². The van der Waals surface area contributed by atoms with Gasteiger partial charge in [-0.2, -0.15) is 0 Å². The zero-order valence-corrected chi connectivity index (χ0v) is 14.2. The van der Waals surface area contributed by atoms with E-state index >= 15 is 0 Å². The molecule has 0 saturated carbocycles. The zero-order chi connectivity index (χ0) is 17.9. The second-order valence-electron chi connectivity index (χ2n) is 5.43. The standard InChI is InChI=1S/C18H16FN3O2S/c1-13-4-2-3-5-17(13)21-15-8-11-18(20-12-15)22-25(23,24)16-9-6-14(19)7-10-16/h2-12,21H,1H3,(H,20,22). The van der Waals surface area contributed by atoms with Crippen molar-refractivity contribution in [2.24, 2.45) is 0 Å². The van der Waals surface area contributed by atoms with Crippen molar-refractivity contribution in [2.45, 2.75) is 11.8 Å². The number of benzene rings is 2. The smallest absolute Gasteiger partial charge is 0.263 e. The fourth-order valence-corrected chi connectivity index (χ4v) is 3.22. The summed E-state index contributed by atoms with van der Waals surface area (Å²) in [5.74, 6) is -0.316. The molecule has 2 aromatic carbocycles. The fourth-order valence-electron chi connectivity index (χ4n) is 2.21. The monoisotopic (exact) mass is 357 g/mol. The van der Waals surface area contributed by atoms with Gasteiger partial charge in [0.1, 0.15) is 11.6 Å². The van der Waals surface area contributed by atoms with Crippen LogP contribution in [0.15, 0.2) is 71.8 Å². The molecule has 0 aliphatic rings. The predicted molar refractivity (Wildman–Crippen MR) is 95.9 cm³/mol. The molecular weight excluding hydrogens is 341 g/mol. The molecule has 0 saturated heterocycles. The Morgan fingerprint density at radius 2 is 1.68 bits per heavy atom. The minimum absolute atomic E-state index is 0.0298. The SMILES string of the molecule is Cc1ccccc1Nc1ccc(NS(=O)(=O)c2ccc(F)cc2)nc1. The molecule has 3 aromatic rings. The average molecular weight is 357 g/mol. The molecule has 0 bridgehead atoms. The van der Waals surface area contributed by atoms with Gasteiger partial charge in [0.15, 0.2) is 0 Å². The van der Waals surface area contributed by atoms with Crippen molar-refractivity contribution in [2.75, 3.05) is 10.0 Å². The third-order valence-electron chi connectivity index (χ3n) is 3.55. The molecule has 25 heavy (non-hydrogen) atoms. The van der Waals surface area contributed by atoms with Crippen LogP contribution < -0.4 is 10.0 Å². The van der Waals surface area contributed by atoms with E-state index in [-0.39, 0.29) is 10.7 Å². The molecule has 0 aliphatic carbocycles. The molecule has 0 spiro atoms. The molecule has 7 heteroatoms. The van der Waals surface area contributed by atoms with Gasteiger partial charge in [-0.1, -0.05) is 18.2 Å². The zero-order valence-electron chi connectivity index (χ0n) is 13.4. The van der Waals surface area contributed by atoms with E-state index in [4.69, 9.17) is 0 Å². The van der Waals surface area contributed by atoms with Crippen molar-refractivity contribution in [3.8, 4) is 0 Å². The summed E-state index contributed by atoms with van der Waals surface area (Å²) < 4.78 is 39.8. The molecular formula is C18H16FN3O2S. The molecule has 0 fully saturated rings. The van der Waals surface area contributed by atoms with E-state index in [1.54, 1.807) is 12.1 Å². The largest absolute Gasteiger partial charge is 0.354 e. The van der Waals surface area contributed by atoms with Gasteiger partial charge in [0, 0.05) is 5.69 Å². The minimum atomic E-state index is -3.81. The lowest BCUT2D eigenvalue weighted by atomic mass is 10.2. The van der Waals surface area contributed by atoms with Crippen LogP contribution in [0.4, 0.5) is 21.6 Å². The lowest BCUT2D eigenvalue weighted by Crippen LogP contribution is -2.13. The third kappa shape index (κ3) is 4.13. The molecule has 3 rings (SSSR count). The van der Waals surface area contributed by atoms with Crippen LogP contribution in [-0.2, 0) is 10.0 Å². The molecule has 1 heterocycles. The molecule has 0 unspecified atom stereocenters. The summed E-state index contributed by atoms with van der Waals surface area (Å²) in [6.07, 6.45) is 1.54. The molecule has 0 atom stereocenters. The maximum absolute atomic E-state index is 12.9. The summed E-state index contributed by atoms with van der Waals surface area (Å²) in [5.41, 5.74) is 2.77. The van der Waals surface area contributed by atoms with Crippen LogP contribution >= 0.6 is 0 Å². The van der Waals surface area contributed by atoms with E-state index in [0.29, 0.717) is 0 Å². The summed E-state index contributed by atoms with van der Waals surface area (Å²) in [7, 11) is -3.81. The molecule has 2 N–H and O–H groups in total. The van der Waals surface area contributed by atoms with E-state index in [9.17, 15) is 12.8 Å². The van der Waals surface area contributed by atoms with Crippen molar-refractivity contribution in [1.82, 2.24) is 4.98 Å². The second-order valence-corrected chi connectivity index (χ2v) is 7.11. The van der Waals surface area contributed by atoms with Crippen LogP contribution in [0.3, 0.4) is 0 Å². The Morgan fingerprint density at radius 3 is 2.32 bits per heavy atom. The van der Waals surface area contributed by atoms with Crippen LogP contribution in [0.5, 0.6) is 0 Å². The Morgan fingerprint density at radius 1 is 0.960 bits per heavy atom. The topological polar surface area (TPSA) is 71.1 Å². The van der Waals surface area contributed by atoms with Crippen molar-refractivity contribution in [3.63, 3.8) is 0 Å². The molecule has 1 aromatic heterocycles. The number of sulfonamides is 1. The average Bonchev–Trinajstić information content (AvgIpc) is 2.59. The van der Waals surface area contributed by atoms with Gasteiger partial charge >= 0.3 is 0 Å². The van der Waals surface area contributed by atoms with Crippen molar-refractivity contribution >= 4 is 27.2 Å². The van der Waals surface area contributed by atoms with Crippen LogP contribution in [0.25, 0.3) is 0 Å². The molecule has 128 valence electrons. The fraction of sp³-hybridized carbons (Fsp3) is 0.0556. The summed E-state index contributed by atoms with van der Waals surface area (Å²) >= 11 is 0. The highest BCUT2D eigenvalue weighted by Crippen LogP contribution is 2.21. The lowest BCUT2D eigenvalue weighted by Gasteiger charge is -2.10. The van der Waals surface area contributed by atoms with Gasteiger partial charge < -0.3 is 5.32 Å². The number of rotatable bonds is 5. The summed E-state index contributed by atoms with van der Waals surface area (Å²) in [5, 5.41) is 3.22. The maximum Gasteiger partial charge on any atom is 0.263 e. The number of aryl methyl sites for hydroxylation is 1. The first-order valence-electron chi connectivity index (χ1n) is 7.51. The minimum Gasteiger partial charge on any atom is -0.354 e. The predicted octanol–water partition coefficient (Wildman–Crippen LogP) is 4.07. The quantitative estimate of drug-likeness (QED) is 0.722. The van der Waals surface area contributed by atoms with E-state index in [1.165, 1.54) is 18.3 Å². The van der Waals surface area contributed by atoms with Crippen LogP contribution in [-0.4, -0.2) is 13.4 Å². The second kappa shape index (κ2) is 6.90. The first-order chi connectivity index (χ1) is 11.9. The number of nitrogens with one attached hydrogen (secondary N) is 2. The Kier molecular flexibility index (Phi) is 4.67. The summed E-state index contributed by atoms with van der Waals surface area (Å²) in [6.45, 7) is 1.99. The Balaban J connectivity index is 1.74. The maximum atomic E-state index is 12.9. The summed E-state index contributed by atoms with van der Waals surface area (Å²) in [6, 6.07) is 15.7. The molecule has 0 aliphatic heterocycles. The van der Waals surface area contributed by atoms with Crippen LogP contribution in [0.2, 0.25) is 0 Å². The van der Waals surface area contributed by atoms with Gasteiger partial charge in [-0.25, -0.2) is 17.8 Å². The number of nitrogens with zero attached hydrogens (tertiary/aromatic N) is 1. The van der Waals surface area contributed by atoms with E-state index in [1.807, 2.05) is 31.2 Å². The van der Waals surface area contributed by atoms with Crippen molar-refractivity contribution < 1.29 is 12.8 Å². The Labute approximate surface area is 145 Å². The number of para-hydroxylation sites is 1. The van der Waals surface area contributed by atoms with Gasteiger partial charge in [0.2, 0.25) is 0 Å². The highest BCUT2D eigenvalue weighted by atomic mass is 32.2. The number of pyridine rings is 1. The van der Waals surface area contributed by atoms with E-state index in [0.717, 1.165) is 29.1 Å². The number of aromatic nitrogens is 1. The van der Waals surface area contributed by atoms with Crippen LogP contribution in [0, 0.1) is 12.7 Å². The molecule has 5 nitrogen and oxygen atoms in total. The van der Waals surface area contributed by atoms with Gasteiger partial charge in [-0.15, -0.1) is 0 Å². The van der Waals surface area contributed by atoms with Crippen LogP contribution in [0.1, 0.15) is 5.56 Å². The van der Waals surface area contributed by atoms with Crippen molar-refractivity contribution in [3.05, 3.63) is 78.2 Å². The molecule has 0 amide bonds. The first-order valence-corrected chi connectivity index (χ1v) is 8.99. The Bertz CT molecular complexity index is 972. The number of halogens is 1. The van der Waals surface area contributed by atoms with Crippen molar-refractivity contribution in [1.29, 1.82) is 0 Å². The van der Waals surface area contributed by atoms with Gasteiger partial charge in [0.25, 0.3) is 10.0 Å². The Hall–Kier alpha value is -2.93. The first kappa shape index (κ1) is 16.9. The van der Waals surface area contributed by atoms with E-state index < -0.39 is 15.8 Å². The normalized spacial score (nSPS) is 11.1. The molecule has 0 radical (unpaired) electrons. The van der Waals surface area contributed by atoms with E-state index in [2.05, 4.69) is 15.0 Å². The summed E-state index contributed by atoms with van der Waals surface area (Å²) in [4.78, 5) is 4.08. The highest BCUT2D eigenvalue weighted by Gasteiger charge is 2.14. The number of hydrogen-bond donors (Lipinski definition) is 2. The third-order valence-corrected chi connectivity index (χ3v) is 4.92. The number of hydrogen-bond acceptors (Lipinski definition) is 4. The highest BCUT2D eigenvalue weighted by molar-refractivity contribution is 7.92. The van der Waals surface area contributed by atoms with Gasteiger partial charge in [-0.3, -0.25) is 4.72 Å². The van der Waals surface area contributed by atoms with Gasteiger partial charge in [0.05, 0.1) is 16.8 Å².